The van der Waals surface area contributed by atoms with E-state index in [1.807, 2.05) is 0 Å². The van der Waals surface area contributed by atoms with Gasteiger partial charge < -0.3 is 4.90 Å². The second-order valence-corrected chi connectivity index (χ2v) is 3.64. The SMILES string of the molecule is NNC(=O)C1CCN(C(=O)CS)CC1. The van der Waals surface area contributed by atoms with Crippen LogP contribution in [0.5, 0.6) is 0 Å². The van der Waals surface area contributed by atoms with E-state index in [1.165, 1.54) is 0 Å². The molecule has 1 aliphatic rings. The van der Waals surface area contributed by atoms with Crippen molar-refractivity contribution >= 4 is 24.4 Å². The lowest BCUT2D eigenvalue weighted by Crippen LogP contribution is -2.44. The van der Waals surface area contributed by atoms with E-state index in [9.17, 15) is 9.59 Å². The third-order valence-corrected chi connectivity index (χ3v) is 2.77. The summed E-state index contributed by atoms with van der Waals surface area (Å²) in [7, 11) is 0. The Morgan fingerprint density at radius 1 is 1.43 bits per heavy atom. The van der Waals surface area contributed by atoms with Crippen molar-refractivity contribution in [3.05, 3.63) is 0 Å². The Bertz CT molecular complexity index is 203. The Morgan fingerprint density at radius 3 is 2.43 bits per heavy atom. The van der Waals surface area contributed by atoms with Crippen LogP contribution in [0, 0.1) is 5.92 Å². The fraction of sp³-hybridized carbons (Fsp3) is 0.750. The van der Waals surface area contributed by atoms with Gasteiger partial charge >= 0.3 is 0 Å². The molecule has 0 aliphatic carbocycles. The molecule has 6 heteroatoms. The first-order chi connectivity index (χ1) is 6.69. The first kappa shape index (κ1) is 11.3. The molecule has 0 spiro atoms. The van der Waals surface area contributed by atoms with Gasteiger partial charge in [-0.1, -0.05) is 0 Å². The van der Waals surface area contributed by atoms with E-state index in [4.69, 9.17) is 5.84 Å². The maximum atomic E-state index is 11.2. The highest BCUT2D eigenvalue weighted by Gasteiger charge is 2.25. The van der Waals surface area contributed by atoms with Crippen LogP contribution in [0.3, 0.4) is 0 Å². The van der Waals surface area contributed by atoms with Crippen molar-refractivity contribution in [1.82, 2.24) is 10.3 Å². The highest BCUT2D eigenvalue weighted by Crippen LogP contribution is 2.17. The average Bonchev–Trinajstić information content (AvgIpc) is 2.27. The van der Waals surface area contributed by atoms with Crippen LogP contribution in [0.1, 0.15) is 12.8 Å². The second kappa shape index (κ2) is 5.21. The molecule has 0 unspecified atom stereocenters. The van der Waals surface area contributed by atoms with Gasteiger partial charge in [0.15, 0.2) is 0 Å². The van der Waals surface area contributed by atoms with E-state index < -0.39 is 0 Å². The number of hydrogen-bond acceptors (Lipinski definition) is 4. The van der Waals surface area contributed by atoms with Gasteiger partial charge in [0, 0.05) is 19.0 Å². The molecule has 0 aromatic carbocycles. The zero-order valence-electron chi connectivity index (χ0n) is 7.90. The zero-order chi connectivity index (χ0) is 10.6. The van der Waals surface area contributed by atoms with Crippen LogP contribution in [-0.4, -0.2) is 35.6 Å². The van der Waals surface area contributed by atoms with Crippen molar-refractivity contribution in [2.75, 3.05) is 18.8 Å². The number of nitrogens with one attached hydrogen (secondary N) is 1. The number of nitrogens with two attached hydrogens (primary N) is 1. The number of amides is 2. The summed E-state index contributed by atoms with van der Waals surface area (Å²) in [5.41, 5.74) is 2.14. The molecule has 3 N–H and O–H groups in total. The second-order valence-electron chi connectivity index (χ2n) is 3.32. The molecule has 1 heterocycles. The molecule has 0 aromatic heterocycles. The Hall–Kier alpha value is -0.750. The van der Waals surface area contributed by atoms with Crippen molar-refractivity contribution in [2.45, 2.75) is 12.8 Å². The molecule has 0 saturated carbocycles. The molecule has 5 nitrogen and oxygen atoms in total. The molecule has 1 saturated heterocycles. The predicted octanol–water partition coefficient (Wildman–Crippen LogP) is -0.855. The lowest BCUT2D eigenvalue weighted by atomic mass is 9.96. The van der Waals surface area contributed by atoms with Gasteiger partial charge in [0.1, 0.15) is 0 Å². The maximum Gasteiger partial charge on any atom is 0.237 e. The van der Waals surface area contributed by atoms with Gasteiger partial charge in [-0.15, -0.1) is 0 Å². The van der Waals surface area contributed by atoms with Gasteiger partial charge in [0.2, 0.25) is 11.8 Å². The van der Waals surface area contributed by atoms with E-state index in [0.29, 0.717) is 25.9 Å². The average molecular weight is 217 g/mol. The van der Waals surface area contributed by atoms with Crippen LogP contribution >= 0.6 is 12.6 Å². The molecule has 0 bridgehead atoms. The van der Waals surface area contributed by atoms with Crippen molar-refractivity contribution in [2.24, 2.45) is 11.8 Å². The smallest absolute Gasteiger partial charge is 0.237 e. The third-order valence-electron chi connectivity index (χ3n) is 2.50. The van der Waals surface area contributed by atoms with Crippen LogP contribution in [-0.2, 0) is 9.59 Å². The molecular formula is C8H15N3O2S. The minimum absolute atomic E-state index is 0.0277. The number of hydrazine groups is 1. The minimum Gasteiger partial charge on any atom is -0.342 e. The van der Waals surface area contributed by atoms with E-state index in [1.54, 1.807) is 4.90 Å². The van der Waals surface area contributed by atoms with Crippen molar-refractivity contribution < 1.29 is 9.59 Å². The molecule has 0 radical (unpaired) electrons. The van der Waals surface area contributed by atoms with Crippen molar-refractivity contribution in [3.8, 4) is 0 Å². The molecule has 0 aromatic rings. The monoisotopic (exact) mass is 217 g/mol. The molecule has 0 atom stereocenters. The first-order valence-electron chi connectivity index (χ1n) is 4.58. The summed E-state index contributed by atoms with van der Waals surface area (Å²) in [4.78, 5) is 24.1. The molecule has 1 rings (SSSR count). The number of rotatable bonds is 2. The van der Waals surface area contributed by atoms with Crippen LogP contribution in [0.15, 0.2) is 0 Å². The van der Waals surface area contributed by atoms with Gasteiger partial charge in [0.25, 0.3) is 0 Å². The van der Waals surface area contributed by atoms with Crippen LogP contribution in [0.4, 0.5) is 0 Å². The van der Waals surface area contributed by atoms with Crippen LogP contribution in [0.2, 0.25) is 0 Å². The Kier molecular flexibility index (Phi) is 4.21. The number of thiol groups is 1. The Balaban J connectivity index is 2.38. The van der Waals surface area contributed by atoms with Crippen LogP contribution < -0.4 is 11.3 Å². The maximum absolute atomic E-state index is 11.2. The quantitative estimate of drug-likeness (QED) is 0.244. The van der Waals surface area contributed by atoms with Gasteiger partial charge in [0.05, 0.1) is 5.75 Å². The Labute approximate surface area is 88.4 Å². The topological polar surface area (TPSA) is 75.4 Å². The van der Waals surface area contributed by atoms with Gasteiger partial charge in [-0.3, -0.25) is 15.0 Å². The molecular weight excluding hydrogens is 202 g/mol. The lowest BCUT2D eigenvalue weighted by molar-refractivity contribution is -0.133. The highest BCUT2D eigenvalue weighted by atomic mass is 32.1. The lowest BCUT2D eigenvalue weighted by Gasteiger charge is -2.30. The third kappa shape index (κ3) is 2.62. The van der Waals surface area contributed by atoms with E-state index in [2.05, 4.69) is 18.1 Å². The number of hydrogen-bond donors (Lipinski definition) is 3. The summed E-state index contributed by atoms with van der Waals surface area (Å²) >= 11 is 3.92. The predicted molar refractivity (Wildman–Crippen MR) is 55.5 cm³/mol. The summed E-state index contributed by atoms with van der Waals surface area (Å²) in [6.07, 6.45) is 1.37. The fourth-order valence-corrected chi connectivity index (χ4v) is 1.81. The fourth-order valence-electron chi connectivity index (χ4n) is 1.61. The number of likely N-dealkylation sites (tertiary alicyclic amines) is 1. The summed E-state index contributed by atoms with van der Waals surface area (Å²) in [6, 6.07) is 0. The first-order valence-corrected chi connectivity index (χ1v) is 5.21. The standard InChI is InChI=1S/C8H15N3O2S/c9-10-8(13)6-1-3-11(4-2-6)7(12)5-14/h6,14H,1-5,9H2,(H,10,13). The van der Waals surface area contributed by atoms with Crippen LogP contribution in [0.25, 0.3) is 0 Å². The summed E-state index contributed by atoms with van der Waals surface area (Å²) in [6.45, 7) is 1.24. The summed E-state index contributed by atoms with van der Waals surface area (Å²) in [5, 5.41) is 0. The number of carbonyl (C=O) groups is 2. The van der Waals surface area contributed by atoms with Crippen molar-refractivity contribution in [3.63, 3.8) is 0 Å². The van der Waals surface area contributed by atoms with Gasteiger partial charge in [-0.05, 0) is 12.8 Å². The normalized spacial score (nSPS) is 18.0. The number of piperidine rings is 1. The number of carbonyl (C=O) groups excluding carboxylic acids is 2. The molecule has 1 aliphatic heterocycles. The highest BCUT2D eigenvalue weighted by molar-refractivity contribution is 7.81. The van der Waals surface area contributed by atoms with Crippen molar-refractivity contribution in [1.29, 1.82) is 0 Å². The Morgan fingerprint density at radius 2 is 2.00 bits per heavy atom. The molecule has 80 valence electrons. The van der Waals surface area contributed by atoms with E-state index in [-0.39, 0.29) is 23.5 Å². The van der Waals surface area contributed by atoms with Gasteiger partial charge in [-0.2, -0.15) is 12.6 Å². The minimum atomic E-state index is -0.136. The molecule has 2 amide bonds. The molecule has 14 heavy (non-hydrogen) atoms. The largest absolute Gasteiger partial charge is 0.342 e. The zero-order valence-corrected chi connectivity index (χ0v) is 8.80. The summed E-state index contributed by atoms with van der Waals surface area (Å²) < 4.78 is 0. The molecule has 1 fully saturated rings. The van der Waals surface area contributed by atoms with E-state index in [0.717, 1.165) is 0 Å². The van der Waals surface area contributed by atoms with E-state index >= 15 is 0 Å². The van der Waals surface area contributed by atoms with Gasteiger partial charge in [-0.25, -0.2) is 5.84 Å². The summed E-state index contributed by atoms with van der Waals surface area (Å²) in [5.74, 6) is 5.10. The number of nitrogens with zero attached hydrogens (tertiary/aromatic N) is 1.